The van der Waals surface area contributed by atoms with E-state index in [0.29, 0.717) is 0 Å². The molecule has 1 radical (unpaired) electrons. The summed E-state index contributed by atoms with van der Waals surface area (Å²) in [6.45, 7) is 2.10. The van der Waals surface area contributed by atoms with Crippen LogP contribution in [0, 0.1) is 6.08 Å². The van der Waals surface area contributed by atoms with E-state index in [2.05, 4.69) is 20.9 Å². The molecular weight excluding hydrogens is 219 g/mol. The predicted molar refractivity (Wildman–Crippen MR) is 42.9 cm³/mol. The van der Waals surface area contributed by atoms with Crippen LogP contribution in [0.4, 0.5) is 0 Å². The van der Waals surface area contributed by atoms with Gasteiger partial charge in [0.2, 0.25) is 0 Å². The third-order valence-electron chi connectivity index (χ3n) is 1.37. The SMILES string of the molecule is C[C]=[C](CO)[Sn]([CH3])([CH3])[CH3]. The normalized spacial score (nSPS) is 14.1. The number of aliphatic hydroxyl groups excluding tert-OH is 1. The van der Waals surface area contributed by atoms with Gasteiger partial charge in [0.25, 0.3) is 0 Å². The topological polar surface area (TPSA) is 20.2 Å². The zero-order valence-electron chi connectivity index (χ0n) is 6.65. The first-order valence-corrected chi connectivity index (χ1v) is 13.2. The maximum atomic E-state index is 8.81. The summed E-state index contributed by atoms with van der Waals surface area (Å²) in [7, 11) is 0. The molecule has 0 spiro atoms. The number of rotatable bonds is 2. The Morgan fingerprint density at radius 3 is 1.89 bits per heavy atom. The Morgan fingerprint density at radius 1 is 1.44 bits per heavy atom. The van der Waals surface area contributed by atoms with Crippen molar-refractivity contribution in [1.29, 1.82) is 0 Å². The predicted octanol–water partition coefficient (Wildman–Crippen LogP) is 1.61. The second-order valence-electron chi connectivity index (χ2n) is 3.14. The molecule has 0 amide bonds. The maximum absolute atomic E-state index is 8.81. The molecular formula is C7H15OSn. The standard InChI is InChI=1S/C4H6O.3CH3.Sn/c1-2-3-4-5;;;;/h5H,4H2,1H3;3*1H3;. The Kier molecular flexibility index (Phi) is 3.81. The fraction of sp³-hybridized carbons (Fsp3) is 0.714. The zero-order chi connectivity index (χ0) is 7.49. The van der Waals surface area contributed by atoms with E-state index in [0.717, 1.165) is 0 Å². The van der Waals surface area contributed by atoms with Crippen LogP contribution < -0.4 is 0 Å². The molecule has 2 heteroatoms. The van der Waals surface area contributed by atoms with E-state index >= 15 is 0 Å². The van der Waals surface area contributed by atoms with Crippen molar-refractivity contribution in [2.24, 2.45) is 0 Å². The molecule has 0 fully saturated rings. The van der Waals surface area contributed by atoms with Gasteiger partial charge in [-0.1, -0.05) is 0 Å². The van der Waals surface area contributed by atoms with Crippen LogP contribution in [0.15, 0.2) is 3.59 Å². The minimum atomic E-state index is -1.90. The van der Waals surface area contributed by atoms with Gasteiger partial charge in [0.15, 0.2) is 0 Å². The van der Waals surface area contributed by atoms with E-state index in [-0.39, 0.29) is 6.61 Å². The molecule has 0 rings (SSSR count). The molecule has 0 aliphatic heterocycles. The Balaban J connectivity index is 4.14. The second-order valence-corrected chi connectivity index (χ2v) is 17.7. The van der Waals surface area contributed by atoms with Crippen molar-refractivity contribution >= 4 is 18.4 Å². The van der Waals surface area contributed by atoms with Gasteiger partial charge in [0.05, 0.1) is 0 Å². The van der Waals surface area contributed by atoms with Crippen LogP contribution in [0.1, 0.15) is 6.92 Å². The van der Waals surface area contributed by atoms with Crippen LogP contribution in [-0.4, -0.2) is 30.1 Å². The zero-order valence-corrected chi connectivity index (χ0v) is 9.51. The summed E-state index contributed by atoms with van der Waals surface area (Å²) in [6.07, 6.45) is 3.05. The van der Waals surface area contributed by atoms with Crippen molar-refractivity contribution in [2.75, 3.05) is 6.61 Å². The number of aliphatic hydroxyl groups is 1. The van der Waals surface area contributed by atoms with E-state index in [4.69, 9.17) is 5.11 Å². The molecule has 0 aromatic heterocycles. The van der Waals surface area contributed by atoms with E-state index in [9.17, 15) is 0 Å². The van der Waals surface area contributed by atoms with Crippen molar-refractivity contribution in [1.82, 2.24) is 0 Å². The summed E-state index contributed by atoms with van der Waals surface area (Å²) in [5, 5.41) is 8.81. The molecule has 0 unspecified atom stereocenters. The van der Waals surface area contributed by atoms with Crippen molar-refractivity contribution in [3.05, 3.63) is 9.67 Å². The summed E-state index contributed by atoms with van der Waals surface area (Å²) < 4.78 is 1.18. The number of allylic oxidation sites excluding steroid dienone is 1. The van der Waals surface area contributed by atoms with Crippen molar-refractivity contribution in [2.45, 2.75) is 21.7 Å². The molecule has 53 valence electrons. The van der Waals surface area contributed by atoms with Gasteiger partial charge in [-0.15, -0.1) is 0 Å². The fourth-order valence-corrected chi connectivity index (χ4v) is 4.19. The first-order chi connectivity index (χ1) is 4.02. The summed E-state index contributed by atoms with van der Waals surface area (Å²) >= 11 is -1.90. The third kappa shape index (κ3) is 3.26. The van der Waals surface area contributed by atoms with Gasteiger partial charge in [0.1, 0.15) is 0 Å². The van der Waals surface area contributed by atoms with Crippen LogP contribution >= 0.6 is 0 Å². The first-order valence-electron chi connectivity index (χ1n) is 3.17. The van der Waals surface area contributed by atoms with Crippen molar-refractivity contribution < 1.29 is 5.11 Å². The van der Waals surface area contributed by atoms with Crippen molar-refractivity contribution in [3.63, 3.8) is 0 Å². The molecule has 1 nitrogen and oxygen atoms in total. The summed E-state index contributed by atoms with van der Waals surface area (Å²) in [5.41, 5.74) is 0. The molecule has 0 aliphatic carbocycles. The Hall–Kier alpha value is 0.499. The van der Waals surface area contributed by atoms with E-state index in [1.807, 2.05) is 6.92 Å². The Labute approximate surface area is 61.7 Å². The third-order valence-corrected chi connectivity index (χ3v) is 7.70. The van der Waals surface area contributed by atoms with Gasteiger partial charge in [-0.25, -0.2) is 0 Å². The Bertz CT molecular complexity index is 111. The second kappa shape index (κ2) is 3.61. The van der Waals surface area contributed by atoms with E-state index in [1.165, 1.54) is 3.59 Å². The van der Waals surface area contributed by atoms with E-state index in [1.54, 1.807) is 0 Å². The van der Waals surface area contributed by atoms with Gasteiger partial charge in [-0.3, -0.25) is 0 Å². The van der Waals surface area contributed by atoms with Gasteiger partial charge < -0.3 is 0 Å². The molecule has 0 saturated carbocycles. The summed E-state index contributed by atoms with van der Waals surface area (Å²) in [6, 6.07) is 0. The fourth-order valence-electron chi connectivity index (χ4n) is 0.691. The molecule has 0 aromatic carbocycles. The molecule has 0 bridgehead atoms. The molecule has 0 saturated heterocycles. The number of hydrogen-bond donors (Lipinski definition) is 1. The molecule has 0 aromatic rings. The van der Waals surface area contributed by atoms with Gasteiger partial charge in [0, 0.05) is 0 Å². The van der Waals surface area contributed by atoms with Gasteiger partial charge in [-0.05, 0) is 0 Å². The van der Waals surface area contributed by atoms with Crippen LogP contribution in [0.2, 0.25) is 14.8 Å². The molecule has 9 heavy (non-hydrogen) atoms. The van der Waals surface area contributed by atoms with Crippen LogP contribution in [0.5, 0.6) is 0 Å². The minimum absolute atomic E-state index is 0.218. The average Bonchev–Trinajstić information content (AvgIpc) is 1.65. The molecule has 0 heterocycles. The monoisotopic (exact) mass is 235 g/mol. The van der Waals surface area contributed by atoms with Gasteiger partial charge >= 0.3 is 61.5 Å². The summed E-state index contributed by atoms with van der Waals surface area (Å²) in [4.78, 5) is 6.82. The summed E-state index contributed by atoms with van der Waals surface area (Å²) in [5.74, 6) is 0. The van der Waals surface area contributed by atoms with Crippen LogP contribution in [0.3, 0.4) is 0 Å². The molecule has 0 atom stereocenters. The first kappa shape index (κ1) is 9.50. The van der Waals surface area contributed by atoms with Crippen molar-refractivity contribution in [3.8, 4) is 0 Å². The number of hydrogen-bond acceptors (Lipinski definition) is 1. The quantitative estimate of drug-likeness (QED) is 0.719. The van der Waals surface area contributed by atoms with Crippen LogP contribution in [-0.2, 0) is 0 Å². The Morgan fingerprint density at radius 2 is 1.89 bits per heavy atom. The molecule has 1 N–H and O–H groups in total. The average molecular weight is 234 g/mol. The van der Waals surface area contributed by atoms with Gasteiger partial charge in [-0.2, -0.15) is 0 Å². The molecule has 0 aliphatic rings. The van der Waals surface area contributed by atoms with E-state index < -0.39 is 18.4 Å². The van der Waals surface area contributed by atoms with Crippen LogP contribution in [0.25, 0.3) is 0 Å².